The van der Waals surface area contributed by atoms with Crippen molar-refractivity contribution in [2.45, 2.75) is 69.6 Å². The predicted molar refractivity (Wildman–Crippen MR) is 168 cm³/mol. The lowest BCUT2D eigenvalue weighted by Crippen LogP contribution is -2.55. The molecule has 1 saturated heterocycles. The first-order chi connectivity index (χ1) is 20.9. The van der Waals surface area contributed by atoms with Crippen LogP contribution in [-0.2, 0) is 6.42 Å². The molecule has 3 aromatic rings. The van der Waals surface area contributed by atoms with Gasteiger partial charge in [0.15, 0.2) is 5.89 Å². The quantitative estimate of drug-likeness (QED) is 0.372. The molecule has 0 radical (unpaired) electrons. The number of aryl methyl sites for hydroxylation is 1. The number of aliphatic hydroxyl groups excluding tert-OH is 2. The Kier molecular flexibility index (Phi) is 7.39. The van der Waals surface area contributed by atoms with Gasteiger partial charge in [-0.3, -0.25) is 4.79 Å². The SMILES string of the molecule is C=C(Nc1cc2c(cc1N1CCN(c3ccccc3C)CC1)CCN(C1CCC[C@H](O)[C@@H]1O)C2=O)c1coc(C2CC2)n1. The number of nitrogens with zero attached hydrogens (tertiary/aromatic N) is 4. The molecule has 2 aromatic carbocycles. The summed E-state index contributed by atoms with van der Waals surface area (Å²) in [5.41, 5.74) is 7.35. The normalized spacial score (nSPS) is 24.2. The van der Waals surface area contributed by atoms with Gasteiger partial charge in [-0.1, -0.05) is 24.8 Å². The minimum atomic E-state index is -0.923. The van der Waals surface area contributed by atoms with Crippen LogP contribution in [0.3, 0.4) is 0 Å². The van der Waals surface area contributed by atoms with Gasteiger partial charge in [0.1, 0.15) is 18.1 Å². The largest absolute Gasteiger partial charge is 0.448 e. The highest BCUT2D eigenvalue weighted by atomic mass is 16.3. The fourth-order valence-electron chi connectivity index (χ4n) is 6.96. The molecule has 2 saturated carbocycles. The predicted octanol–water partition coefficient (Wildman–Crippen LogP) is 4.54. The van der Waals surface area contributed by atoms with E-state index in [0.29, 0.717) is 48.7 Å². The van der Waals surface area contributed by atoms with Crippen molar-refractivity contribution in [3.63, 3.8) is 0 Å². The first-order valence-corrected chi connectivity index (χ1v) is 15.7. The van der Waals surface area contributed by atoms with Crippen LogP contribution >= 0.6 is 0 Å². The van der Waals surface area contributed by atoms with Crippen molar-refractivity contribution in [2.75, 3.05) is 47.8 Å². The Bertz CT molecular complexity index is 1520. The maximum atomic E-state index is 13.9. The average Bonchev–Trinajstić information content (AvgIpc) is 3.75. The van der Waals surface area contributed by atoms with E-state index in [0.717, 1.165) is 68.3 Å². The Morgan fingerprint density at radius 2 is 1.74 bits per heavy atom. The van der Waals surface area contributed by atoms with Gasteiger partial charge in [0.2, 0.25) is 0 Å². The fraction of sp³-hybridized carbons (Fsp3) is 0.471. The van der Waals surface area contributed by atoms with E-state index in [1.165, 1.54) is 11.3 Å². The molecule has 7 rings (SSSR count). The number of aliphatic hydroxyl groups is 2. The van der Waals surface area contributed by atoms with Crippen LogP contribution in [0.1, 0.15) is 71.1 Å². The van der Waals surface area contributed by atoms with Crippen molar-refractivity contribution in [1.29, 1.82) is 0 Å². The number of anilines is 3. The number of oxazole rings is 1. The van der Waals surface area contributed by atoms with Crippen LogP contribution in [0.15, 0.2) is 53.7 Å². The molecule has 3 fully saturated rings. The second-order valence-electron chi connectivity index (χ2n) is 12.5. The van der Waals surface area contributed by atoms with Crippen molar-refractivity contribution in [1.82, 2.24) is 9.88 Å². The average molecular weight is 584 g/mol. The molecule has 2 aliphatic carbocycles. The Morgan fingerprint density at radius 3 is 2.49 bits per heavy atom. The van der Waals surface area contributed by atoms with Crippen LogP contribution < -0.4 is 15.1 Å². The summed E-state index contributed by atoms with van der Waals surface area (Å²) in [6.07, 6.45) is 4.91. The van der Waals surface area contributed by atoms with E-state index >= 15 is 0 Å². The second-order valence-corrected chi connectivity index (χ2v) is 12.5. The number of benzene rings is 2. The van der Waals surface area contributed by atoms with Crippen LogP contribution in [0, 0.1) is 6.92 Å². The van der Waals surface area contributed by atoms with Gasteiger partial charge in [0.05, 0.1) is 29.2 Å². The van der Waals surface area contributed by atoms with Crippen LogP contribution in [0.5, 0.6) is 0 Å². The van der Waals surface area contributed by atoms with Crippen molar-refractivity contribution in [3.05, 3.63) is 77.5 Å². The van der Waals surface area contributed by atoms with Crippen LogP contribution in [-0.4, -0.2) is 77.0 Å². The molecule has 9 heteroatoms. The zero-order valence-corrected chi connectivity index (χ0v) is 24.8. The minimum Gasteiger partial charge on any atom is -0.448 e. The third-order valence-electron chi connectivity index (χ3n) is 9.64. The number of nitrogens with one attached hydrogen (secondary N) is 1. The third kappa shape index (κ3) is 5.40. The number of para-hydroxylation sites is 1. The van der Waals surface area contributed by atoms with Gasteiger partial charge < -0.3 is 34.6 Å². The van der Waals surface area contributed by atoms with E-state index in [-0.39, 0.29) is 11.9 Å². The first-order valence-electron chi connectivity index (χ1n) is 15.7. The molecule has 4 aliphatic rings. The van der Waals surface area contributed by atoms with E-state index in [4.69, 9.17) is 4.42 Å². The topological polar surface area (TPSA) is 105 Å². The lowest BCUT2D eigenvalue weighted by atomic mass is 9.86. The molecule has 1 unspecified atom stereocenters. The molecule has 1 amide bonds. The van der Waals surface area contributed by atoms with E-state index < -0.39 is 12.2 Å². The Balaban J connectivity index is 1.18. The van der Waals surface area contributed by atoms with E-state index in [2.05, 4.69) is 63.9 Å². The van der Waals surface area contributed by atoms with E-state index in [9.17, 15) is 15.0 Å². The Hall–Kier alpha value is -3.82. The summed E-state index contributed by atoms with van der Waals surface area (Å²) in [7, 11) is 0. The molecule has 0 bridgehead atoms. The number of amides is 1. The number of rotatable bonds is 7. The first kappa shape index (κ1) is 28.0. The van der Waals surface area contributed by atoms with Gasteiger partial charge in [-0.05, 0) is 74.8 Å². The molecule has 3 atom stereocenters. The van der Waals surface area contributed by atoms with Gasteiger partial charge in [0, 0.05) is 49.9 Å². The van der Waals surface area contributed by atoms with Gasteiger partial charge in [-0.2, -0.15) is 0 Å². The number of hydrogen-bond acceptors (Lipinski definition) is 8. The highest BCUT2D eigenvalue weighted by Crippen LogP contribution is 2.41. The molecular formula is C34H41N5O4. The van der Waals surface area contributed by atoms with Gasteiger partial charge in [-0.15, -0.1) is 0 Å². The number of carbonyl (C=O) groups is 1. The monoisotopic (exact) mass is 583 g/mol. The number of piperazine rings is 1. The molecule has 3 N–H and O–H groups in total. The Morgan fingerprint density at radius 1 is 1.00 bits per heavy atom. The van der Waals surface area contributed by atoms with E-state index in [1.807, 2.05) is 6.07 Å². The fourth-order valence-corrected chi connectivity index (χ4v) is 6.96. The van der Waals surface area contributed by atoms with Gasteiger partial charge in [0.25, 0.3) is 5.91 Å². The number of fused-ring (bicyclic) bond motifs is 1. The highest BCUT2D eigenvalue weighted by molar-refractivity contribution is 6.00. The van der Waals surface area contributed by atoms with Crippen molar-refractivity contribution in [2.24, 2.45) is 0 Å². The number of hydrogen-bond donors (Lipinski definition) is 3. The molecule has 3 heterocycles. The summed E-state index contributed by atoms with van der Waals surface area (Å²) >= 11 is 0. The van der Waals surface area contributed by atoms with Gasteiger partial charge in [-0.25, -0.2) is 4.98 Å². The van der Waals surface area contributed by atoms with Crippen molar-refractivity contribution in [3.8, 4) is 0 Å². The summed E-state index contributed by atoms with van der Waals surface area (Å²) in [6, 6.07) is 12.3. The molecule has 43 heavy (non-hydrogen) atoms. The maximum absolute atomic E-state index is 13.9. The lowest BCUT2D eigenvalue weighted by molar-refractivity contribution is -0.0578. The molecule has 2 aliphatic heterocycles. The minimum absolute atomic E-state index is 0.0959. The zero-order valence-electron chi connectivity index (χ0n) is 24.8. The summed E-state index contributed by atoms with van der Waals surface area (Å²) < 4.78 is 5.73. The smallest absolute Gasteiger partial charge is 0.254 e. The molecule has 9 nitrogen and oxygen atoms in total. The van der Waals surface area contributed by atoms with Crippen LogP contribution in [0.4, 0.5) is 17.1 Å². The Labute approximate surface area is 252 Å². The highest BCUT2D eigenvalue weighted by Gasteiger charge is 2.39. The summed E-state index contributed by atoms with van der Waals surface area (Å²) in [5.74, 6) is 1.07. The van der Waals surface area contributed by atoms with Crippen molar-refractivity contribution < 1.29 is 19.4 Å². The third-order valence-corrected chi connectivity index (χ3v) is 9.64. The zero-order chi connectivity index (χ0) is 29.7. The lowest BCUT2D eigenvalue weighted by Gasteiger charge is -2.42. The van der Waals surface area contributed by atoms with Crippen LogP contribution in [0.2, 0.25) is 0 Å². The standard InChI is InChI=1S/C34H41N5O4/c1-21-6-3-4-7-28(21)37-14-16-38(17-15-37)30-18-24-12-13-39(29-8-5-9-31(40)32(29)41)34(42)25(24)19-26(30)35-22(2)27-20-43-33(36-27)23-10-11-23/h3-4,6-7,18-20,23,29,31-32,35,40-41H,2,5,8-17H2,1H3/t29?,31-,32+/m0/s1. The summed E-state index contributed by atoms with van der Waals surface area (Å²) in [5, 5.41) is 24.5. The molecular weight excluding hydrogens is 542 g/mol. The summed E-state index contributed by atoms with van der Waals surface area (Å²) in [4.78, 5) is 25.2. The van der Waals surface area contributed by atoms with Crippen LogP contribution in [0.25, 0.3) is 5.70 Å². The summed E-state index contributed by atoms with van der Waals surface area (Å²) in [6.45, 7) is 10.4. The molecule has 0 spiro atoms. The van der Waals surface area contributed by atoms with Gasteiger partial charge >= 0.3 is 0 Å². The van der Waals surface area contributed by atoms with E-state index in [1.54, 1.807) is 11.2 Å². The molecule has 226 valence electrons. The molecule has 1 aromatic heterocycles. The maximum Gasteiger partial charge on any atom is 0.254 e. The second kappa shape index (κ2) is 11.4. The number of carbonyl (C=O) groups excluding carboxylic acids is 1. The van der Waals surface area contributed by atoms with Crippen molar-refractivity contribution >= 4 is 28.7 Å². The number of aromatic nitrogens is 1.